The molecular weight excluding hydrogens is 502 g/mol. The van der Waals surface area contributed by atoms with Crippen molar-refractivity contribution in [3.05, 3.63) is 106 Å². The number of nitrogens with zero attached hydrogens (tertiary/aromatic N) is 1. The average molecular weight is 523 g/mol. The van der Waals surface area contributed by atoms with Gasteiger partial charge in [0.15, 0.2) is 0 Å². The molecule has 0 fully saturated rings. The number of amides is 1. The summed E-state index contributed by atoms with van der Waals surface area (Å²) in [5.41, 5.74) is 5.26. The minimum Gasteiger partial charge on any atom is -0.488 e. The predicted octanol–water partition coefficient (Wildman–Crippen LogP) is 6.40. The van der Waals surface area contributed by atoms with Crippen molar-refractivity contribution in [1.82, 2.24) is 5.43 Å². The third-order valence-electron chi connectivity index (χ3n) is 4.92. The van der Waals surface area contributed by atoms with Crippen molar-refractivity contribution in [2.24, 2.45) is 5.10 Å². The summed E-state index contributed by atoms with van der Waals surface area (Å²) in [5.74, 6) is 0.478. The van der Waals surface area contributed by atoms with Gasteiger partial charge < -0.3 is 10.1 Å². The second-order valence-corrected chi connectivity index (χ2v) is 8.56. The molecule has 0 saturated carbocycles. The number of carbonyl (C=O) groups excluding carboxylic acids is 1. The molecule has 0 heterocycles. The highest BCUT2D eigenvalue weighted by molar-refractivity contribution is 9.10. The monoisotopic (exact) mass is 521 g/mol. The maximum Gasteiger partial charge on any atom is 0.259 e. The fourth-order valence-electron chi connectivity index (χ4n) is 3.26. The molecule has 0 bridgehead atoms. The number of nitrogens with one attached hydrogen (secondary N) is 2. The molecule has 0 aromatic heterocycles. The average Bonchev–Trinajstić information content (AvgIpc) is 2.83. The first kappa shape index (κ1) is 22.8. The number of fused-ring (bicyclic) bond motifs is 1. The number of rotatable bonds is 8. The van der Waals surface area contributed by atoms with Crippen LogP contribution in [0.25, 0.3) is 10.8 Å². The lowest BCUT2D eigenvalue weighted by molar-refractivity contribution is -0.119. The zero-order chi connectivity index (χ0) is 23.0. The van der Waals surface area contributed by atoms with Gasteiger partial charge in [-0.15, -0.1) is 0 Å². The highest BCUT2D eigenvalue weighted by atomic mass is 79.9. The van der Waals surface area contributed by atoms with E-state index in [1.807, 2.05) is 36.4 Å². The van der Waals surface area contributed by atoms with Crippen LogP contribution in [-0.4, -0.2) is 18.7 Å². The van der Waals surface area contributed by atoms with Crippen molar-refractivity contribution >= 4 is 56.1 Å². The van der Waals surface area contributed by atoms with Crippen molar-refractivity contribution in [2.75, 3.05) is 11.9 Å². The number of anilines is 1. The highest BCUT2D eigenvalue weighted by Crippen LogP contribution is 2.27. The van der Waals surface area contributed by atoms with Crippen LogP contribution in [-0.2, 0) is 11.4 Å². The van der Waals surface area contributed by atoms with Crippen molar-refractivity contribution in [3.8, 4) is 5.75 Å². The van der Waals surface area contributed by atoms with E-state index in [4.69, 9.17) is 16.3 Å². The quantitative estimate of drug-likeness (QED) is 0.208. The highest BCUT2D eigenvalue weighted by Gasteiger charge is 2.06. The first-order valence-corrected chi connectivity index (χ1v) is 11.5. The van der Waals surface area contributed by atoms with E-state index in [1.54, 1.807) is 30.5 Å². The van der Waals surface area contributed by atoms with Gasteiger partial charge in [-0.1, -0.05) is 54.1 Å². The van der Waals surface area contributed by atoms with E-state index in [9.17, 15) is 4.79 Å². The van der Waals surface area contributed by atoms with E-state index in [0.29, 0.717) is 11.6 Å². The van der Waals surface area contributed by atoms with E-state index in [1.165, 1.54) is 10.8 Å². The minimum atomic E-state index is -0.254. The van der Waals surface area contributed by atoms with Gasteiger partial charge in [-0.3, -0.25) is 4.79 Å². The third kappa shape index (κ3) is 6.34. The Hall–Kier alpha value is -3.35. The number of hydrogen-bond donors (Lipinski definition) is 2. The summed E-state index contributed by atoms with van der Waals surface area (Å²) in [6.45, 7) is 0.563. The van der Waals surface area contributed by atoms with Gasteiger partial charge >= 0.3 is 0 Å². The fourth-order valence-corrected chi connectivity index (χ4v) is 3.89. The van der Waals surface area contributed by atoms with Crippen molar-refractivity contribution in [1.29, 1.82) is 0 Å². The Labute approximate surface area is 205 Å². The fraction of sp³-hybridized carbons (Fsp3) is 0.0769. The molecule has 0 unspecified atom stereocenters. The van der Waals surface area contributed by atoms with E-state index in [0.717, 1.165) is 27.0 Å². The molecule has 0 saturated heterocycles. The third-order valence-corrected chi connectivity index (χ3v) is 5.79. The van der Waals surface area contributed by atoms with Crippen LogP contribution in [0.3, 0.4) is 0 Å². The largest absolute Gasteiger partial charge is 0.488 e. The summed E-state index contributed by atoms with van der Waals surface area (Å²) in [4.78, 5) is 12.0. The summed E-state index contributed by atoms with van der Waals surface area (Å²) in [7, 11) is 0. The summed E-state index contributed by atoms with van der Waals surface area (Å²) in [6, 6.07) is 27.2. The van der Waals surface area contributed by atoms with Gasteiger partial charge in [0, 0.05) is 10.7 Å². The van der Waals surface area contributed by atoms with Crippen LogP contribution in [0.15, 0.2) is 94.5 Å². The molecule has 1 amide bonds. The molecule has 166 valence electrons. The second-order valence-electron chi connectivity index (χ2n) is 7.27. The summed E-state index contributed by atoms with van der Waals surface area (Å²) in [6.07, 6.45) is 1.58. The van der Waals surface area contributed by atoms with E-state index in [2.05, 4.69) is 56.0 Å². The Balaban J connectivity index is 1.30. The molecule has 2 N–H and O–H groups in total. The summed E-state index contributed by atoms with van der Waals surface area (Å²) < 4.78 is 6.84. The van der Waals surface area contributed by atoms with Gasteiger partial charge in [-0.05, 0) is 80.3 Å². The molecule has 7 heteroatoms. The normalized spacial score (nSPS) is 11.0. The molecule has 0 aliphatic carbocycles. The number of hydrazone groups is 1. The zero-order valence-electron chi connectivity index (χ0n) is 17.6. The lowest BCUT2D eigenvalue weighted by atomic mass is 10.1. The van der Waals surface area contributed by atoms with Gasteiger partial charge in [-0.2, -0.15) is 5.10 Å². The Morgan fingerprint density at radius 1 is 1.00 bits per heavy atom. The molecule has 5 nitrogen and oxygen atoms in total. The molecule has 4 rings (SSSR count). The van der Waals surface area contributed by atoms with Gasteiger partial charge in [0.2, 0.25) is 0 Å². The lowest BCUT2D eigenvalue weighted by Gasteiger charge is -2.11. The predicted molar refractivity (Wildman–Crippen MR) is 138 cm³/mol. The Morgan fingerprint density at radius 2 is 1.79 bits per heavy atom. The number of ether oxygens (including phenoxy) is 1. The smallest absolute Gasteiger partial charge is 0.259 e. The first-order valence-electron chi connectivity index (χ1n) is 10.3. The van der Waals surface area contributed by atoms with Crippen molar-refractivity contribution in [2.45, 2.75) is 6.61 Å². The van der Waals surface area contributed by atoms with Gasteiger partial charge in [0.1, 0.15) is 12.4 Å². The molecule has 0 aliphatic rings. The van der Waals surface area contributed by atoms with E-state index < -0.39 is 0 Å². The van der Waals surface area contributed by atoms with Gasteiger partial charge in [-0.25, -0.2) is 5.43 Å². The second kappa shape index (κ2) is 11.0. The first-order chi connectivity index (χ1) is 16.1. The van der Waals surface area contributed by atoms with Crippen LogP contribution in [0.2, 0.25) is 5.02 Å². The van der Waals surface area contributed by atoms with Gasteiger partial charge in [0.05, 0.1) is 17.2 Å². The number of benzene rings is 4. The minimum absolute atomic E-state index is 0.101. The molecule has 4 aromatic carbocycles. The van der Waals surface area contributed by atoms with Crippen LogP contribution in [0.5, 0.6) is 5.75 Å². The molecule has 0 aliphatic heterocycles. The van der Waals surface area contributed by atoms with Crippen LogP contribution in [0, 0.1) is 0 Å². The zero-order valence-corrected chi connectivity index (χ0v) is 19.9. The lowest BCUT2D eigenvalue weighted by Crippen LogP contribution is -2.25. The van der Waals surface area contributed by atoms with Crippen LogP contribution < -0.4 is 15.5 Å². The van der Waals surface area contributed by atoms with Gasteiger partial charge in [0.25, 0.3) is 5.91 Å². The van der Waals surface area contributed by atoms with E-state index in [-0.39, 0.29) is 12.5 Å². The maximum absolute atomic E-state index is 12.0. The Bertz CT molecular complexity index is 1290. The molecule has 0 spiro atoms. The summed E-state index contributed by atoms with van der Waals surface area (Å²) >= 11 is 9.40. The standard InChI is InChI=1S/C26H21BrClN3O2/c27-24-14-18(15-30-31-26(32)16-29-22-11-9-21(28)10-12-22)8-13-25(24)33-17-20-6-3-5-19-4-1-2-7-23(19)20/h1-15,29H,16-17H2,(H,31,32)/b30-15-. The van der Waals surface area contributed by atoms with E-state index >= 15 is 0 Å². The number of hydrogen-bond acceptors (Lipinski definition) is 4. The number of halogens is 2. The molecule has 0 atom stereocenters. The molecule has 4 aromatic rings. The van der Waals surface area contributed by atoms with Crippen LogP contribution in [0.4, 0.5) is 5.69 Å². The Kier molecular flexibility index (Phi) is 7.60. The molecular formula is C26H21BrClN3O2. The molecule has 33 heavy (non-hydrogen) atoms. The summed E-state index contributed by atoms with van der Waals surface area (Å²) in [5, 5.41) is 10.0. The SMILES string of the molecule is O=C(CNc1ccc(Cl)cc1)N/N=C\c1ccc(OCc2cccc3ccccc23)c(Br)c1. The molecule has 0 radical (unpaired) electrons. The van der Waals surface area contributed by atoms with Crippen molar-refractivity contribution < 1.29 is 9.53 Å². The van der Waals surface area contributed by atoms with Crippen LogP contribution >= 0.6 is 27.5 Å². The van der Waals surface area contributed by atoms with Crippen LogP contribution in [0.1, 0.15) is 11.1 Å². The van der Waals surface area contributed by atoms with Crippen molar-refractivity contribution in [3.63, 3.8) is 0 Å². The Morgan fingerprint density at radius 3 is 2.61 bits per heavy atom. The maximum atomic E-state index is 12.0. The number of carbonyl (C=O) groups is 1. The topological polar surface area (TPSA) is 62.7 Å².